The predicted octanol–water partition coefficient (Wildman–Crippen LogP) is 2.95. The van der Waals surface area contributed by atoms with E-state index >= 15 is 0 Å². The lowest BCUT2D eigenvalue weighted by Gasteiger charge is -2.42. The first-order valence-electron chi connectivity index (χ1n) is 7.39. The Hall–Kier alpha value is -0.510. The van der Waals surface area contributed by atoms with Gasteiger partial charge in [-0.3, -0.25) is 4.90 Å². The van der Waals surface area contributed by atoms with Crippen molar-refractivity contribution in [2.75, 3.05) is 31.9 Å². The summed E-state index contributed by atoms with van der Waals surface area (Å²) < 4.78 is 0. The van der Waals surface area contributed by atoms with E-state index < -0.39 is 0 Å². The van der Waals surface area contributed by atoms with E-state index in [-0.39, 0.29) is 0 Å². The standard InChI is InChI=1S/C16H24N2S/c1-3-16(2)12-18(9-8-17-16)10-13-11-19-15-7-5-4-6-14(13)15/h4-7,13,17H,3,8-12H2,1-2H3. The first-order valence-corrected chi connectivity index (χ1v) is 8.38. The van der Waals surface area contributed by atoms with Crippen LogP contribution in [0.2, 0.25) is 0 Å². The molecule has 0 spiro atoms. The van der Waals surface area contributed by atoms with Crippen molar-refractivity contribution in [2.24, 2.45) is 0 Å². The smallest absolute Gasteiger partial charge is 0.0278 e. The summed E-state index contributed by atoms with van der Waals surface area (Å²) in [5, 5.41) is 3.67. The predicted molar refractivity (Wildman–Crippen MR) is 83.0 cm³/mol. The van der Waals surface area contributed by atoms with E-state index in [4.69, 9.17) is 0 Å². The average molecular weight is 276 g/mol. The second kappa shape index (κ2) is 5.47. The van der Waals surface area contributed by atoms with Gasteiger partial charge >= 0.3 is 0 Å². The summed E-state index contributed by atoms with van der Waals surface area (Å²) in [4.78, 5) is 4.16. The van der Waals surface area contributed by atoms with E-state index in [9.17, 15) is 0 Å². The van der Waals surface area contributed by atoms with Crippen LogP contribution in [0.4, 0.5) is 0 Å². The van der Waals surface area contributed by atoms with E-state index in [0.717, 1.165) is 12.5 Å². The molecular weight excluding hydrogens is 252 g/mol. The molecule has 0 bridgehead atoms. The van der Waals surface area contributed by atoms with Gasteiger partial charge in [-0.05, 0) is 25.0 Å². The Morgan fingerprint density at radius 1 is 1.42 bits per heavy atom. The summed E-state index contributed by atoms with van der Waals surface area (Å²) in [6, 6.07) is 8.94. The van der Waals surface area contributed by atoms with Crippen molar-refractivity contribution in [1.29, 1.82) is 0 Å². The molecule has 2 heterocycles. The molecule has 1 saturated heterocycles. The molecular formula is C16H24N2S. The molecule has 0 aliphatic carbocycles. The summed E-state index contributed by atoms with van der Waals surface area (Å²) in [7, 11) is 0. The quantitative estimate of drug-likeness (QED) is 0.914. The zero-order chi connectivity index (χ0) is 13.3. The van der Waals surface area contributed by atoms with Gasteiger partial charge in [0.25, 0.3) is 0 Å². The molecule has 0 aromatic heterocycles. The molecule has 2 aliphatic heterocycles. The summed E-state index contributed by atoms with van der Waals surface area (Å²) in [5.74, 6) is 1.98. The molecule has 2 atom stereocenters. The Kier molecular flexibility index (Phi) is 3.88. The Balaban J connectivity index is 1.66. The zero-order valence-corrected chi connectivity index (χ0v) is 12.8. The Morgan fingerprint density at radius 2 is 2.26 bits per heavy atom. The van der Waals surface area contributed by atoms with Crippen LogP contribution in [0, 0.1) is 0 Å². The highest BCUT2D eigenvalue weighted by Crippen LogP contribution is 2.39. The maximum Gasteiger partial charge on any atom is 0.0278 e. The number of hydrogen-bond donors (Lipinski definition) is 1. The molecule has 0 amide bonds. The average Bonchev–Trinajstić information content (AvgIpc) is 2.83. The summed E-state index contributed by atoms with van der Waals surface area (Å²) >= 11 is 2.03. The minimum Gasteiger partial charge on any atom is -0.309 e. The number of benzene rings is 1. The molecule has 104 valence electrons. The summed E-state index contributed by atoms with van der Waals surface area (Å²) in [6.45, 7) is 9.38. The first kappa shape index (κ1) is 13.5. The van der Waals surface area contributed by atoms with Crippen molar-refractivity contribution in [3.8, 4) is 0 Å². The largest absolute Gasteiger partial charge is 0.309 e. The lowest BCUT2D eigenvalue weighted by atomic mass is 9.94. The highest BCUT2D eigenvalue weighted by Gasteiger charge is 2.31. The van der Waals surface area contributed by atoms with Gasteiger partial charge in [-0.25, -0.2) is 0 Å². The normalized spacial score (nSPS) is 31.4. The van der Waals surface area contributed by atoms with Gasteiger partial charge in [0.2, 0.25) is 0 Å². The van der Waals surface area contributed by atoms with E-state index in [1.165, 1.54) is 36.7 Å². The summed E-state index contributed by atoms with van der Waals surface area (Å²) in [6.07, 6.45) is 1.21. The molecule has 3 heteroatoms. The van der Waals surface area contributed by atoms with Gasteiger partial charge in [-0.1, -0.05) is 25.1 Å². The van der Waals surface area contributed by atoms with Crippen LogP contribution in [-0.2, 0) is 0 Å². The minimum atomic E-state index is 0.309. The van der Waals surface area contributed by atoms with Crippen LogP contribution in [0.1, 0.15) is 31.7 Å². The molecule has 3 rings (SSSR count). The first-order chi connectivity index (χ1) is 9.20. The van der Waals surface area contributed by atoms with Gasteiger partial charge < -0.3 is 5.32 Å². The molecule has 1 aromatic carbocycles. The van der Waals surface area contributed by atoms with Gasteiger partial charge in [0.1, 0.15) is 0 Å². The minimum absolute atomic E-state index is 0.309. The van der Waals surface area contributed by atoms with E-state index in [1.807, 2.05) is 11.8 Å². The molecule has 2 unspecified atom stereocenters. The van der Waals surface area contributed by atoms with Gasteiger partial charge in [0, 0.05) is 48.3 Å². The van der Waals surface area contributed by atoms with Gasteiger partial charge in [0.15, 0.2) is 0 Å². The van der Waals surface area contributed by atoms with E-state index in [1.54, 1.807) is 5.56 Å². The molecule has 0 radical (unpaired) electrons. The van der Waals surface area contributed by atoms with Crippen LogP contribution in [0.5, 0.6) is 0 Å². The van der Waals surface area contributed by atoms with Crippen LogP contribution >= 0.6 is 11.8 Å². The topological polar surface area (TPSA) is 15.3 Å². The fourth-order valence-electron chi connectivity index (χ4n) is 3.23. The number of nitrogens with one attached hydrogen (secondary N) is 1. The van der Waals surface area contributed by atoms with Gasteiger partial charge in [0.05, 0.1) is 0 Å². The lowest BCUT2D eigenvalue weighted by Crippen LogP contribution is -2.58. The van der Waals surface area contributed by atoms with E-state index in [0.29, 0.717) is 5.54 Å². The molecule has 1 fully saturated rings. The Labute approximate surface area is 121 Å². The second-order valence-corrected chi connectivity index (χ2v) is 7.18. The van der Waals surface area contributed by atoms with Crippen LogP contribution in [0.3, 0.4) is 0 Å². The maximum atomic E-state index is 3.67. The second-order valence-electron chi connectivity index (χ2n) is 6.12. The molecule has 19 heavy (non-hydrogen) atoms. The summed E-state index contributed by atoms with van der Waals surface area (Å²) in [5.41, 5.74) is 1.88. The number of rotatable bonds is 3. The number of piperazine rings is 1. The highest BCUT2D eigenvalue weighted by atomic mass is 32.2. The molecule has 2 nitrogen and oxygen atoms in total. The van der Waals surface area contributed by atoms with Crippen LogP contribution in [0.15, 0.2) is 29.2 Å². The van der Waals surface area contributed by atoms with Gasteiger partial charge in [-0.2, -0.15) is 0 Å². The van der Waals surface area contributed by atoms with Crippen LogP contribution in [0.25, 0.3) is 0 Å². The molecule has 2 aliphatic rings. The number of hydrogen-bond acceptors (Lipinski definition) is 3. The zero-order valence-electron chi connectivity index (χ0n) is 12.0. The fourth-order valence-corrected chi connectivity index (χ4v) is 4.47. The molecule has 1 N–H and O–H groups in total. The van der Waals surface area contributed by atoms with Crippen molar-refractivity contribution in [3.05, 3.63) is 29.8 Å². The Morgan fingerprint density at radius 3 is 3.11 bits per heavy atom. The van der Waals surface area contributed by atoms with Crippen molar-refractivity contribution >= 4 is 11.8 Å². The number of thioether (sulfide) groups is 1. The number of fused-ring (bicyclic) bond motifs is 1. The van der Waals surface area contributed by atoms with Crippen molar-refractivity contribution in [2.45, 2.75) is 36.6 Å². The number of nitrogens with zero attached hydrogens (tertiary/aromatic N) is 1. The van der Waals surface area contributed by atoms with Crippen LogP contribution < -0.4 is 5.32 Å². The van der Waals surface area contributed by atoms with E-state index in [2.05, 4.69) is 48.3 Å². The SMILES string of the molecule is CCC1(C)CN(CC2CSc3ccccc32)CCN1. The van der Waals surface area contributed by atoms with Crippen molar-refractivity contribution < 1.29 is 0 Å². The third-order valence-electron chi connectivity index (χ3n) is 4.61. The highest BCUT2D eigenvalue weighted by molar-refractivity contribution is 7.99. The Bertz CT molecular complexity index is 448. The third kappa shape index (κ3) is 2.83. The third-order valence-corrected chi connectivity index (χ3v) is 5.86. The fraction of sp³-hybridized carbons (Fsp3) is 0.625. The van der Waals surface area contributed by atoms with Crippen molar-refractivity contribution in [3.63, 3.8) is 0 Å². The monoisotopic (exact) mass is 276 g/mol. The van der Waals surface area contributed by atoms with Crippen molar-refractivity contribution in [1.82, 2.24) is 10.2 Å². The molecule has 1 aromatic rings. The van der Waals surface area contributed by atoms with Crippen LogP contribution in [-0.4, -0.2) is 42.4 Å². The molecule has 0 saturated carbocycles. The maximum absolute atomic E-state index is 3.67. The lowest BCUT2D eigenvalue weighted by molar-refractivity contribution is 0.135. The van der Waals surface area contributed by atoms with Gasteiger partial charge in [-0.15, -0.1) is 11.8 Å².